The average Bonchev–Trinajstić information content (AvgIpc) is 3.16. The predicted molar refractivity (Wildman–Crippen MR) is 135 cm³/mol. The standard InChI is InChI=1S/C28H22ClNO7/c1-13(31)22-18(32)11-21-28(2,26(22)34)24-19(33)10-20(36-3)23(25(24)37-21)27(35)30-12-16-15-7-5-4-6-14(15)8-9-17(16)29/h4-11,22,33H,12H2,1-3H3,(H,30,35)/t22?,28-/m1/s1. The van der Waals surface area contributed by atoms with Crippen molar-refractivity contribution in [2.45, 2.75) is 25.8 Å². The molecule has 1 amide bonds. The summed E-state index contributed by atoms with van der Waals surface area (Å²) in [6.07, 6.45) is 1.08. The number of benzene rings is 3. The van der Waals surface area contributed by atoms with Crippen LogP contribution in [0, 0.1) is 5.92 Å². The normalized spacial score (nSPS) is 20.1. The van der Waals surface area contributed by atoms with Gasteiger partial charge >= 0.3 is 0 Å². The molecule has 0 radical (unpaired) electrons. The predicted octanol–water partition coefficient (Wildman–Crippen LogP) is 4.03. The van der Waals surface area contributed by atoms with Crippen molar-refractivity contribution in [3.05, 3.63) is 76.0 Å². The number of carbonyl (C=O) groups is 4. The number of rotatable bonds is 5. The van der Waals surface area contributed by atoms with Crippen LogP contribution in [-0.4, -0.2) is 35.5 Å². The van der Waals surface area contributed by atoms with Crippen LogP contribution >= 0.6 is 11.6 Å². The van der Waals surface area contributed by atoms with Gasteiger partial charge < -0.3 is 19.9 Å². The first-order valence-corrected chi connectivity index (χ1v) is 11.8. The van der Waals surface area contributed by atoms with Crippen molar-refractivity contribution in [3.8, 4) is 17.2 Å². The maximum absolute atomic E-state index is 13.5. The number of halogens is 1. The molecule has 8 nitrogen and oxygen atoms in total. The number of Topliss-reactive ketones (excluding diaryl/α,β-unsaturated/α-hetero) is 2. The second kappa shape index (κ2) is 8.74. The number of hydrogen-bond acceptors (Lipinski definition) is 7. The summed E-state index contributed by atoms with van der Waals surface area (Å²) in [5.41, 5.74) is -1.000. The minimum absolute atomic E-state index is 0.00232. The molecule has 3 aromatic rings. The van der Waals surface area contributed by atoms with E-state index in [1.54, 1.807) is 6.07 Å². The molecule has 0 saturated carbocycles. The highest BCUT2D eigenvalue weighted by Gasteiger charge is 2.58. The van der Waals surface area contributed by atoms with Crippen molar-refractivity contribution in [1.29, 1.82) is 0 Å². The Kier molecular flexibility index (Phi) is 5.79. The Morgan fingerprint density at radius 2 is 1.92 bits per heavy atom. The van der Waals surface area contributed by atoms with Crippen molar-refractivity contribution >= 4 is 45.6 Å². The summed E-state index contributed by atoms with van der Waals surface area (Å²) >= 11 is 6.44. The molecule has 37 heavy (non-hydrogen) atoms. The summed E-state index contributed by atoms with van der Waals surface area (Å²) in [6, 6.07) is 12.5. The van der Waals surface area contributed by atoms with Gasteiger partial charge in [-0.05, 0) is 36.2 Å². The third-order valence-corrected chi connectivity index (χ3v) is 7.36. The largest absolute Gasteiger partial charge is 0.507 e. The molecule has 1 aliphatic carbocycles. The molecule has 1 unspecified atom stereocenters. The van der Waals surface area contributed by atoms with Crippen molar-refractivity contribution < 1.29 is 33.8 Å². The fourth-order valence-electron chi connectivity index (χ4n) is 5.10. The Labute approximate surface area is 216 Å². The summed E-state index contributed by atoms with van der Waals surface area (Å²) in [7, 11) is 1.32. The highest BCUT2D eigenvalue weighted by atomic mass is 35.5. The molecule has 1 aliphatic heterocycles. The molecule has 2 atom stereocenters. The minimum Gasteiger partial charge on any atom is -0.507 e. The number of phenolic OH excluding ortho intramolecular Hbond substituents is 1. The zero-order valence-corrected chi connectivity index (χ0v) is 20.9. The van der Waals surface area contributed by atoms with Crippen LogP contribution in [0.2, 0.25) is 5.02 Å². The van der Waals surface area contributed by atoms with Crippen LogP contribution in [-0.2, 0) is 26.3 Å². The second-order valence-corrected chi connectivity index (χ2v) is 9.56. The Balaban J connectivity index is 1.59. The van der Waals surface area contributed by atoms with Gasteiger partial charge in [-0.3, -0.25) is 19.2 Å². The van der Waals surface area contributed by atoms with E-state index in [2.05, 4.69) is 5.32 Å². The van der Waals surface area contributed by atoms with Crippen LogP contribution in [0.1, 0.15) is 35.3 Å². The fourth-order valence-corrected chi connectivity index (χ4v) is 5.33. The van der Waals surface area contributed by atoms with Crippen LogP contribution in [0.5, 0.6) is 17.2 Å². The van der Waals surface area contributed by atoms with E-state index >= 15 is 0 Å². The molecule has 188 valence electrons. The molecule has 3 aromatic carbocycles. The molecule has 2 N–H and O–H groups in total. The molecule has 0 saturated heterocycles. The Hall–Kier alpha value is -4.17. The number of hydrogen-bond donors (Lipinski definition) is 2. The van der Waals surface area contributed by atoms with Crippen LogP contribution < -0.4 is 14.8 Å². The van der Waals surface area contributed by atoms with Crippen molar-refractivity contribution in [1.82, 2.24) is 5.32 Å². The number of amides is 1. The SMILES string of the molecule is COc1cc(O)c2c(c1C(=O)NCc1c(Cl)ccc3ccccc13)OC1=CC(=O)C(C(C)=O)C(=O)[C@]12C. The van der Waals surface area contributed by atoms with E-state index in [0.29, 0.717) is 10.6 Å². The van der Waals surface area contributed by atoms with Gasteiger partial charge in [0.25, 0.3) is 5.91 Å². The summed E-state index contributed by atoms with van der Waals surface area (Å²) in [5.74, 6) is -4.71. The molecular weight excluding hydrogens is 498 g/mol. The van der Waals surface area contributed by atoms with E-state index in [9.17, 15) is 24.3 Å². The molecule has 2 aliphatic rings. The number of ether oxygens (including phenoxy) is 2. The van der Waals surface area contributed by atoms with Gasteiger partial charge in [-0.25, -0.2) is 0 Å². The summed E-state index contributed by atoms with van der Waals surface area (Å²) in [5, 5.41) is 16.0. The van der Waals surface area contributed by atoms with Gasteiger partial charge in [0.15, 0.2) is 17.3 Å². The monoisotopic (exact) mass is 519 g/mol. The highest BCUT2D eigenvalue weighted by molar-refractivity contribution is 6.32. The van der Waals surface area contributed by atoms with E-state index in [1.807, 2.05) is 30.3 Å². The molecule has 5 rings (SSSR count). The van der Waals surface area contributed by atoms with Crippen LogP contribution in [0.3, 0.4) is 0 Å². The third-order valence-electron chi connectivity index (χ3n) is 7.00. The lowest BCUT2D eigenvalue weighted by Gasteiger charge is -2.30. The van der Waals surface area contributed by atoms with Crippen LogP contribution in [0.15, 0.2) is 54.3 Å². The molecule has 0 aromatic heterocycles. The van der Waals surface area contributed by atoms with Gasteiger partial charge in [0, 0.05) is 23.7 Å². The maximum atomic E-state index is 13.5. The number of nitrogens with one attached hydrogen (secondary N) is 1. The zero-order chi connectivity index (χ0) is 26.6. The van der Waals surface area contributed by atoms with Gasteiger partial charge in [-0.2, -0.15) is 0 Å². The Morgan fingerprint density at radius 1 is 1.19 bits per heavy atom. The number of allylic oxidation sites excluding steroid dienone is 2. The van der Waals surface area contributed by atoms with E-state index in [0.717, 1.165) is 23.8 Å². The second-order valence-electron chi connectivity index (χ2n) is 9.15. The lowest BCUT2D eigenvalue weighted by molar-refractivity contribution is -0.140. The lowest BCUT2D eigenvalue weighted by atomic mass is 9.67. The number of phenols is 1. The quantitative estimate of drug-likeness (QED) is 0.488. The summed E-state index contributed by atoms with van der Waals surface area (Å²) in [6.45, 7) is 2.69. The first-order valence-electron chi connectivity index (χ1n) is 11.5. The summed E-state index contributed by atoms with van der Waals surface area (Å²) < 4.78 is 11.2. The Morgan fingerprint density at radius 3 is 2.62 bits per heavy atom. The van der Waals surface area contributed by atoms with Gasteiger partial charge in [0.1, 0.15) is 39.9 Å². The zero-order valence-electron chi connectivity index (χ0n) is 20.2. The number of ketones is 3. The topological polar surface area (TPSA) is 119 Å². The first kappa shape index (κ1) is 24.5. The molecule has 0 fully saturated rings. The summed E-state index contributed by atoms with van der Waals surface area (Å²) in [4.78, 5) is 51.5. The van der Waals surface area contributed by atoms with Crippen molar-refractivity contribution in [2.24, 2.45) is 5.92 Å². The van der Waals surface area contributed by atoms with Crippen LogP contribution in [0.25, 0.3) is 10.8 Å². The van der Waals surface area contributed by atoms with Gasteiger partial charge in [0.2, 0.25) is 0 Å². The highest BCUT2D eigenvalue weighted by Crippen LogP contribution is 2.56. The van der Waals surface area contributed by atoms with Gasteiger partial charge in [0.05, 0.1) is 12.7 Å². The Bertz CT molecular complexity index is 1570. The number of carbonyl (C=O) groups excluding carboxylic acids is 4. The smallest absolute Gasteiger partial charge is 0.259 e. The van der Waals surface area contributed by atoms with E-state index in [-0.39, 0.29) is 40.7 Å². The van der Waals surface area contributed by atoms with Gasteiger partial charge in [-0.1, -0.05) is 41.9 Å². The molecule has 1 heterocycles. The maximum Gasteiger partial charge on any atom is 0.259 e. The lowest BCUT2D eigenvalue weighted by Crippen LogP contribution is -2.47. The van der Waals surface area contributed by atoms with Gasteiger partial charge in [-0.15, -0.1) is 0 Å². The number of aromatic hydroxyl groups is 1. The fraction of sp³-hybridized carbons (Fsp3) is 0.214. The van der Waals surface area contributed by atoms with Crippen molar-refractivity contribution in [2.75, 3.05) is 7.11 Å². The van der Waals surface area contributed by atoms with E-state index in [1.165, 1.54) is 20.1 Å². The van der Waals surface area contributed by atoms with Crippen molar-refractivity contribution in [3.63, 3.8) is 0 Å². The molecule has 9 heteroatoms. The molecule has 0 spiro atoms. The average molecular weight is 520 g/mol. The number of methoxy groups -OCH3 is 1. The van der Waals surface area contributed by atoms with Crippen LogP contribution in [0.4, 0.5) is 0 Å². The van der Waals surface area contributed by atoms with E-state index in [4.69, 9.17) is 21.1 Å². The molecular formula is C28H22ClNO7. The number of fused-ring (bicyclic) bond motifs is 4. The minimum atomic E-state index is -1.64. The van der Waals surface area contributed by atoms with E-state index < -0.39 is 34.6 Å². The first-order chi connectivity index (χ1) is 17.6. The third kappa shape index (κ3) is 3.59. The molecule has 0 bridgehead atoms.